The lowest BCUT2D eigenvalue weighted by atomic mass is 10.1. The molecule has 0 aliphatic carbocycles. The number of carbonyl (C=O) groups excluding carboxylic acids is 1. The van der Waals surface area contributed by atoms with Crippen LogP contribution in [0.5, 0.6) is 0 Å². The number of benzene rings is 1. The summed E-state index contributed by atoms with van der Waals surface area (Å²) in [4.78, 5) is 15.7. The van der Waals surface area contributed by atoms with Crippen LogP contribution < -0.4 is 0 Å². The third-order valence-electron chi connectivity index (χ3n) is 3.84. The van der Waals surface area contributed by atoms with Crippen molar-refractivity contribution in [2.45, 2.75) is 32.4 Å². The van der Waals surface area contributed by atoms with E-state index in [9.17, 15) is 4.79 Å². The number of hydrogen-bond acceptors (Lipinski definition) is 3. The number of nitrogens with zero attached hydrogens (tertiary/aromatic N) is 2. The van der Waals surface area contributed by atoms with Gasteiger partial charge in [-0.3, -0.25) is 4.90 Å². The molecule has 0 bridgehead atoms. The van der Waals surface area contributed by atoms with Crippen molar-refractivity contribution < 1.29 is 9.53 Å². The van der Waals surface area contributed by atoms with Crippen molar-refractivity contribution in [3.63, 3.8) is 0 Å². The van der Waals surface area contributed by atoms with Gasteiger partial charge in [-0.15, -0.1) is 0 Å². The van der Waals surface area contributed by atoms with Gasteiger partial charge in [-0.05, 0) is 25.3 Å². The minimum absolute atomic E-state index is 0.0727. The molecule has 1 amide bonds. The zero-order valence-corrected chi connectivity index (χ0v) is 12.4. The number of carbonyl (C=O) groups is 1. The fraction of sp³-hybridized carbons (Fsp3) is 0.562. The van der Waals surface area contributed by atoms with Crippen LogP contribution in [0.4, 0.5) is 4.79 Å². The zero-order valence-electron chi connectivity index (χ0n) is 12.4. The Morgan fingerprint density at radius 2 is 1.95 bits per heavy atom. The lowest BCUT2D eigenvalue weighted by molar-refractivity contribution is 0.0317. The van der Waals surface area contributed by atoms with Crippen molar-refractivity contribution in [3.05, 3.63) is 35.9 Å². The Balaban J connectivity index is 1.74. The number of amides is 1. The second-order valence-electron chi connectivity index (χ2n) is 5.36. The highest BCUT2D eigenvalue weighted by molar-refractivity contribution is 5.67. The molecule has 0 atom stereocenters. The summed E-state index contributed by atoms with van der Waals surface area (Å²) in [5.41, 5.74) is 1.34. The molecule has 1 heterocycles. The van der Waals surface area contributed by atoms with E-state index in [1.807, 2.05) is 13.0 Å². The predicted octanol–water partition coefficient (Wildman–Crippen LogP) is 2.74. The molecule has 0 spiro atoms. The number of piperidine rings is 1. The number of ether oxygens (including phenoxy) is 1. The minimum atomic E-state index is -0.200. The second-order valence-corrected chi connectivity index (χ2v) is 5.36. The predicted molar refractivity (Wildman–Crippen MR) is 79.5 cm³/mol. The highest BCUT2D eigenvalue weighted by atomic mass is 16.6. The molecule has 1 saturated heterocycles. The first-order valence-electron chi connectivity index (χ1n) is 7.37. The summed E-state index contributed by atoms with van der Waals surface area (Å²) >= 11 is 0. The number of hydrogen-bond donors (Lipinski definition) is 0. The molecular weight excluding hydrogens is 252 g/mol. The van der Waals surface area contributed by atoms with Crippen molar-refractivity contribution in [3.8, 4) is 0 Å². The van der Waals surface area contributed by atoms with Gasteiger partial charge in [0.25, 0.3) is 0 Å². The van der Waals surface area contributed by atoms with Gasteiger partial charge in [0.1, 0.15) is 6.10 Å². The normalized spacial score (nSPS) is 16.9. The average Bonchev–Trinajstić information content (AvgIpc) is 2.49. The first kappa shape index (κ1) is 14.9. The monoisotopic (exact) mass is 276 g/mol. The van der Waals surface area contributed by atoms with Crippen molar-refractivity contribution >= 4 is 6.09 Å². The van der Waals surface area contributed by atoms with Crippen molar-refractivity contribution in [1.82, 2.24) is 9.80 Å². The quantitative estimate of drug-likeness (QED) is 0.847. The van der Waals surface area contributed by atoms with E-state index >= 15 is 0 Å². The molecule has 4 heteroatoms. The van der Waals surface area contributed by atoms with Gasteiger partial charge in [0, 0.05) is 33.2 Å². The molecule has 0 aromatic heterocycles. The first-order chi connectivity index (χ1) is 9.69. The number of rotatable bonds is 4. The Hall–Kier alpha value is -1.55. The van der Waals surface area contributed by atoms with Gasteiger partial charge in [0.2, 0.25) is 0 Å². The van der Waals surface area contributed by atoms with Gasteiger partial charge >= 0.3 is 6.09 Å². The van der Waals surface area contributed by atoms with Gasteiger partial charge in [0.15, 0.2) is 0 Å². The van der Waals surface area contributed by atoms with E-state index in [1.54, 1.807) is 11.9 Å². The highest BCUT2D eigenvalue weighted by Gasteiger charge is 2.23. The van der Waals surface area contributed by atoms with E-state index < -0.39 is 0 Å². The van der Waals surface area contributed by atoms with Gasteiger partial charge in [-0.1, -0.05) is 30.3 Å². The molecule has 1 aromatic rings. The average molecular weight is 276 g/mol. The van der Waals surface area contributed by atoms with Crippen molar-refractivity contribution in [2.24, 2.45) is 0 Å². The van der Waals surface area contributed by atoms with E-state index in [1.165, 1.54) is 5.56 Å². The van der Waals surface area contributed by atoms with Crippen LogP contribution in [0, 0.1) is 0 Å². The minimum Gasteiger partial charge on any atom is -0.446 e. The Bertz CT molecular complexity index is 414. The van der Waals surface area contributed by atoms with Crippen LogP contribution in [0.25, 0.3) is 0 Å². The summed E-state index contributed by atoms with van der Waals surface area (Å²) in [7, 11) is 1.77. The van der Waals surface area contributed by atoms with Crippen LogP contribution in [-0.2, 0) is 11.3 Å². The van der Waals surface area contributed by atoms with Crippen LogP contribution in [-0.4, -0.2) is 48.7 Å². The van der Waals surface area contributed by atoms with E-state index in [0.717, 1.165) is 32.5 Å². The molecular formula is C16H24N2O2. The molecule has 0 saturated carbocycles. The lowest BCUT2D eigenvalue weighted by Gasteiger charge is -2.32. The number of likely N-dealkylation sites (tertiary alicyclic amines) is 1. The fourth-order valence-electron chi connectivity index (χ4n) is 2.39. The van der Waals surface area contributed by atoms with Gasteiger partial charge in [-0.2, -0.15) is 0 Å². The molecule has 20 heavy (non-hydrogen) atoms. The summed E-state index contributed by atoms with van der Waals surface area (Å²) in [5.74, 6) is 0. The fourth-order valence-corrected chi connectivity index (χ4v) is 2.39. The van der Waals surface area contributed by atoms with Gasteiger partial charge < -0.3 is 9.64 Å². The van der Waals surface area contributed by atoms with Crippen LogP contribution in [0.2, 0.25) is 0 Å². The Morgan fingerprint density at radius 1 is 1.30 bits per heavy atom. The molecule has 0 radical (unpaired) electrons. The molecule has 2 rings (SSSR count). The molecule has 4 nitrogen and oxygen atoms in total. The van der Waals surface area contributed by atoms with Crippen LogP contribution >= 0.6 is 0 Å². The van der Waals surface area contributed by atoms with Gasteiger partial charge in [0.05, 0.1) is 0 Å². The summed E-state index contributed by atoms with van der Waals surface area (Å²) in [5, 5.41) is 0. The second kappa shape index (κ2) is 7.29. The maximum absolute atomic E-state index is 11.7. The molecule has 0 unspecified atom stereocenters. The Labute approximate surface area is 121 Å². The van der Waals surface area contributed by atoms with E-state index in [-0.39, 0.29) is 12.2 Å². The SMILES string of the molecule is CCN(C)C(=O)OC1CCN(Cc2ccccc2)CC1. The third kappa shape index (κ3) is 4.23. The summed E-state index contributed by atoms with van der Waals surface area (Å²) in [6, 6.07) is 10.5. The third-order valence-corrected chi connectivity index (χ3v) is 3.84. The summed E-state index contributed by atoms with van der Waals surface area (Å²) in [6.45, 7) is 5.59. The van der Waals surface area contributed by atoms with Gasteiger partial charge in [-0.25, -0.2) is 4.79 Å². The highest BCUT2D eigenvalue weighted by Crippen LogP contribution is 2.17. The zero-order chi connectivity index (χ0) is 14.4. The summed E-state index contributed by atoms with van der Waals surface area (Å²) in [6.07, 6.45) is 1.73. The molecule has 1 aromatic carbocycles. The Morgan fingerprint density at radius 3 is 2.55 bits per heavy atom. The van der Waals surface area contributed by atoms with E-state index in [2.05, 4.69) is 29.2 Å². The van der Waals surface area contributed by atoms with Crippen molar-refractivity contribution in [1.29, 1.82) is 0 Å². The molecule has 1 aliphatic heterocycles. The standard InChI is InChI=1S/C16H24N2O2/c1-3-17(2)16(19)20-15-9-11-18(12-10-15)13-14-7-5-4-6-8-14/h4-8,15H,3,9-13H2,1-2H3. The van der Waals surface area contributed by atoms with Crippen LogP contribution in [0.3, 0.4) is 0 Å². The maximum Gasteiger partial charge on any atom is 0.409 e. The molecule has 1 aliphatic rings. The smallest absolute Gasteiger partial charge is 0.409 e. The van der Waals surface area contributed by atoms with Crippen LogP contribution in [0.15, 0.2) is 30.3 Å². The molecule has 0 N–H and O–H groups in total. The first-order valence-corrected chi connectivity index (χ1v) is 7.37. The molecule has 110 valence electrons. The van der Waals surface area contributed by atoms with E-state index in [4.69, 9.17) is 4.74 Å². The largest absolute Gasteiger partial charge is 0.446 e. The van der Waals surface area contributed by atoms with E-state index in [0.29, 0.717) is 6.54 Å². The Kier molecular flexibility index (Phi) is 5.41. The van der Waals surface area contributed by atoms with Crippen LogP contribution in [0.1, 0.15) is 25.3 Å². The lowest BCUT2D eigenvalue weighted by Crippen LogP contribution is -2.39. The summed E-state index contributed by atoms with van der Waals surface area (Å²) < 4.78 is 5.50. The topological polar surface area (TPSA) is 32.8 Å². The van der Waals surface area contributed by atoms with Crippen molar-refractivity contribution in [2.75, 3.05) is 26.7 Å². The molecule has 1 fully saturated rings. The maximum atomic E-state index is 11.7.